The van der Waals surface area contributed by atoms with Crippen LogP contribution >= 0.6 is 0 Å². The number of hydrogen-bond donors (Lipinski definition) is 1. The molecule has 0 aromatic heterocycles. The zero-order valence-corrected chi connectivity index (χ0v) is 20.8. The molecule has 0 saturated carbocycles. The summed E-state index contributed by atoms with van der Waals surface area (Å²) in [6.07, 6.45) is 1.44. The molecular weight excluding hydrogens is 482 g/mol. The molecule has 0 spiro atoms. The van der Waals surface area contributed by atoms with E-state index in [1.165, 1.54) is 54.7 Å². The Hall–Kier alpha value is -4.25. The average Bonchev–Trinajstić information content (AvgIpc) is 2.89. The summed E-state index contributed by atoms with van der Waals surface area (Å²) in [6.45, 7) is 5.18. The number of sulfonamides is 1. The lowest BCUT2D eigenvalue weighted by atomic mass is 10.2. The normalized spacial score (nSPS) is 11.3. The first kappa shape index (κ1) is 26.4. The number of rotatable bonds is 11. The number of hydrogen-bond acceptors (Lipinski definition) is 7. The van der Waals surface area contributed by atoms with E-state index in [0.717, 1.165) is 24.3 Å². The van der Waals surface area contributed by atoms with Gasteiger partial charge in [0.2, 0.25) is 0 Å². The number of nitrogens with one attached hydrogen (secondary N) is 1. The molecule has 0 bridgehead atoms. The van der Waals surface area contributed by atoms with E-state index < -0.39 is 33.1 Å². The minimum absolute atomic E-state index is 0.104. The summed E-state index contributed by atoms with van der Waals surface area (Å²) in [7, 11) is -4.29. The number of anilines is 2. The van der Waals surface area contributed by atoms with Crippen LogP contribution < -0.4 is 14.6 Å². The van der Waals surface area contributed by atoms with Crippen molar-refractivity contribution in [2.75, 3.05) is 28.8 Å². The molecule has 3 rings (SSSR count). The molecule has 0 unspecified atom stereocenters. The van der Waals surface area contributed by atoms with Crippen LogP contribution in [-0.4, -0.2) is 45.1 Å². The number of para-hydroxylation sites is 2. The maximum absolute atomic E-state index is 13.4. The first-order valence-corrected chi connectivity index (χ1v) is 12.7. The third kappa shape index (κ3) is 6.25. The van der Waals surface area contributed by atoms with Crippen LogP contribution in [0.2, 0.25) is 0 Å². The van der Waals surface area contributed by atoms with Crippen LogP contribution in [0.15, 0.2) is 88.9 Å². The number of nitro benzene ring substituents is 1. The highest BCUT2D eigenvalue weighted by Gasteiger charge is 2.31. The average molecular weight is 510 g/mol. The first-order chi connectivity index (χ1) is 17.3. The molecule has 1 amide bonds. The minimum atomic E-state index is -4.29. The van der Waals surface area contributed by atoms with Crippen LogP contribution in [0.5, 0.6) is 0 Å². The molecule has 10 nitrogen and oxygen atoms in total. The van der Waals surface area contributed by atoms with E-state index in [-0.39, 0.29) is 10.6 Å². The molecule has 0 atom stereocenters. The summed E-state index contributed by atoms with van der Waals surface area (Å²) in [5.74, 6) is -0.760. The fourth-order valence-corrected chi connectivity index (χ4v) is 5.01. The van der Waals surface area contributed by atoms with Gasteiger partial charge in [-0.05, 0) is 49.7 Å². The standard InChI is InChI=1S/C25H27N5O5S/c1-3-28(4-2)21-16-14-20(15-17-21)18-26-27-25(31)19-29(23-12-8-9-13-24(23)30(32)33)36(34,35)22-10-6-5-7-11-22/h5-18H,3-4,19H2,1-2H3,(H,27,31)/b26-18+. The molecule has 0 saturated heterocycles. The number of carbonyl (C=O) groups is 1. The highest BCUT2D eigenvalue weighted by Crippen LogP contribution is 2.31. The smallest absolute Gasteiger partial charge is 0.293 e. The number of nitrogens with zero attached hydrogens (tertiary/aromatic N) is 4. The Morgan fingerprint density at radius 3 is 2.19 bits per heavy atom. The Bertz CT molecular complexity index is 1320. The van der Waals surface area contributed by atoms with Crippen LogP contribution in [0.4, 0.5) is 17.1 Å². The molecular formula is C25H27N5O5S. The quantitative estimate of drug-likeness (QED) is 0.238. The van der Waals surface area contributed by atoms with Gasteiger partial charge in [0.1, 0.15) is 12.2 Å². The van der Waals surface area contributed by atoms with Gasteiger partial charge in [-0.1, -0.05) is 42.5 Å². The molecule has 1 N–H and O–H groups in total. The second-order valence-electron chi connectivity index (χ2n) is 7.63. The molecule has 3 aromatic rings. The van der Waals surface area contributed by atoms with E-state index in [0.29, 0.717) is 4.31 Å². The van der Waals surface area contributed by atoms with E-state index >= 15 is 0 Å². The second kappa shape index (κ2) is 11.9. The number of benzene rings is 3. The van der Waals surface area contributed by atoms with Crippen molar-refractivity contribution in [3.05, 3.63) is 94.5 Å². The summed E-state index contributed by atoms with van der Waals surface area (Å²) in [5.41, 5.74) is 3.44. The van der Waals surface area contributed by atoms with Gasteiger partial charge >= 0.3 is 0 Å². The van der Waals surface area contributed by atoms with Crippen molar-refractivity contribution in [1.29, 1.82) is 0 Å². The van der Waals surface area contributed by atoms with Crippen molar-refractivity contribution >= 4 is 39.2 Å². The van der Waals surface area contributed by atoms with E-state index in [9.17, 15) is 23.3 Å². The Morgan fingerprint density at radius 2 is 1.58 bits per heavy atom. The van der Waals surface area contributed by atoms with E-state index in [2.05, 4.69) is 29.3 Å². The highest BCUT2D eigenvalue weighted by atomic mass is 32.2. The highest BCUT2D eigenvalue weighted by molar-refractivity contribution is 7.92. The monoisotopic (exact) mass is 509 g/mol. The summed E-state index contributed by atoms with van der Waals surface area (Å²) < 4.78 is 27.4. The SMILES string of the molecule is CCN(CC)c1ccc(/C=N/NC(=O)CN(c2ccccc2[N+](=O)[O-])S(=O)(=O)c2ccccc2)cc1. The second-order valence-corrected chi connectivity index (χ2v) is 9.49. The predicted molar refractivity (Wildman–Crippen MR) is 140 cm³/mol. The number of hydrazone groups is 1. The topological polar surface area (TPSA) is 125 Å². The van der Waals surface area contributed by atoms with Crippen molar-refractivity contribution < 1.29 is 18.1 Å². The Labute approximate surface area is 210 Å². The molecule has 36 heavy (non-hydrogen) atoms. The van der Waals surface area contributed by atoms with Gasteiger partial charge in [-0.2, -0.15) is 5.10 Å². The van der Waals surface area contributed by atoms with Crippen LogP contribution in [0.3, 0.4) is 0 Å². The lowest BCUT2D eigenvalue weighted by Crippen LogP contribution is -2.39. The van der Waals surface area contributed by atoms with Crippen LogP contribution in [0.25, 0.3) is 0 Å². The maximum Gasteiger partial charge on any atom is 0.293 e. The van der Waals surface area contributed by atoms with Crippen LogP contribution in [0.1, 0.15) is 19.4 Å². The Morgan fingerprint density at radius 1 is 0.972 bits per heavy atom. The van der Waals surface area contributed by atoms with Crippen molar-refractivity contribution in [2.24, 2.45) is 5.10 Å². The number of nitro groups is 1. The first-order valence-electron chi connectivity index (χ1n) is 11.3. The zero-order valence-electron chi connectivity index (χ0n) is 19.9. The van der Waals surface area contributed by atoms with Crippen molar-refractivity contribution in [3.63, 3.8) is 0 Å². The molecule has 3 aromatic carbocycles. The third-order valence-corrected chi connectivity index (χ3v) is 7.16. The lowest BCUT2D eigenvalue weighted by Gasteiger charge is -2.23. The van der Waals surface area contributed by atoms with Gasteiger partial charge in [-0.25, -0.2) is 18.1 Å². The molecule has 0 fully saturated rings. The van der Waals surface area contributed by atoms with E-state index in [1.54, 1.807) is 6.07 Å². The fraction of sp³-hybridized carbons (Fsp3) is 0.200. The summed E-state index contributed by atoms with van der Waals surface area (Å²) in [6, 6.07) is 20.4. The van der Waals surface area contributed by atoms with Gasteiger partial charge in [0.25, 0.3) is 21.6 Å². The molecule has 0 radical (unpaired) electrons. The van der Waals surface area contributed by atoms with Gasteiger partial charge in [0.05, 0.1) is 16.0 Å². The van der Waals surface area contributed by atoms with Crippen LogP contribution in [0, 0.1) is 10.1 Å². The molecule has 0 aliphatic heterocycles. The van der Waals surface area contributed by atoms with Gasteiger partial charge in [-0.15, -0.1) is 0 Å². The number of carbonyl (C=O) groups excluding carboxylic acids is 1. The third-order valence-electron chi connectivity index (χ3n) is 5.39. The Balaban J connectivity index is 1.82. The fourth-order valence-electron chi connectivity index (χ4n) is 3.55. The van der Waals surface area contributed by atoms with E-state index in [1.807, 2.05) is 24.3 Å². The van der Waals surface area contributed by atoms with Crippen molar-refractivity contribution in [1.82, 2.24) is 5.43 Å². The van der Waals surface area contributed by atoms with E-state index in [4.69, 9.17) is 0 Å². The van der Waals surface area contributed by atoms with Gasteiger partial charge in [0, 0.05) is 24.8 Å². The summed E-state index contributed by atoms with van der Waals surface area (Å²) >= 11 is 0. The van der Waals surface area contributed by atoms with Gasteiger partial charge < -0.3 is 4.90 Å². The molecule has 11 heteroatoms. The van der Waals surface area contributed by atoms with Gasteiger partial charge in [0.15, 0.2) is 0 Å². The summed E-state index contributed by atoms with van der Waals surface area (Å²) in [4.78, 5) is 25.6. The van der Waals surface area contributed by atoms with Gasteiger partial charge in [-0.3, -0.25) is 14.9 Å². The molecule has 0 aliphatic rings. The molecule has 0 heterocycles. The van der Waals surface area contributed by atoms with Crippen molar-refractivity contribution in [3.8, 4) is 0 Å². The summed E-state index contributed by atoms with van der Waals surface area (Å²) in [5, 5.41) is 15.5. The van der Waals surface area contributed by atoms with Crippen LogP contribution in [-0.2, 0) is 14.8 Å². The number of amides is 1. The minimum Gasteiger partial charge on any atom is -0.372 e. The zero-order chi connectivity index (χ0) is 26.1. The molecule has 188 valence electrons. The largest absolute Gasteiger partial charge is 0.372 e. The lowest BCUT2D eigenvalue weighted by molar-refractivity contribution is -0.384. The Kier molecular flexibility index (Phi) is 8.74. The molecule has 0 aliphatic carbocycles. The maximum atomic E-state index is 13.4. The van der Waals surface area contributed by atoms with Crippen molar-refractivity contribution in [2.45, 2.75) is 18.7 Å². The predicted octanol–water partition coefficient (Wildman–Crippen LogP) is 3.79.